The van der Waals surface area contributed by atoms with Crippen LogP contribution in [0.25, 0.3) is 0 Å². The van der Waals surface area contributed by atoms with Crippen LogP contribution in [-0.4, -0.2) is 35.1 Å². The van der Waals surface area contributed by atoms with Gasteiger partial charge in [0.1, 0.15) is 5.78 Å². The van der Waals surface area contributed by atoms with Crippen LogP contribution in [0.1, 0.15) is 113 Å². The van der Waals surface area contributed by atoms with Crippen molar-refractivity contribution in [3.63, 3.8) is 0 Å². The van der Waals surface area contributed by atoms with Crippen molar-refractivity contribution in [3.05, 3.63) is 0 Å². The molecule has 0 aromatic carbocycles. The summed E-state index contributed by atoms with van der Waals surface area (Å²) in [5.41, 5.74) is 0.299. The van der Waals surface area contributed by atoms with Gasteiger partial charge in [-0.3, -0.25) is 4.79 Å². The minimum Gasteiger partial charge on any atom is -0.417 e. The van der Waals surface area contributed by atoms with E-state index in [1.807, 2.05) is 0 Å². The molecule has 0 N–H and O–H groups in total. The Kier molecular flexibility index (Phi) is 8.67. The van der Waals surface area contributed by atoms with Crippen molar-refractivity contribution in [1.29, 1.82) is 0 Å². The molecule has 0 spiro atoms. The van der Waals surface area contributed by atoms with E-state index in [2.05, 4.69) is 81.6 Å². The molecule has 3 aliphatic rings. The highest BCUT2D eigenvalue weighted by molar-refractivity contribution is 6.74. The molecule has 0 aromatic heterocycles. The van der Waals surface area contributed by atoms with Gasteiger partial charge in [-0.1, -0.05) is 55.4 Å². The maximum atomic E-state index is 12.7. The number of hydrogen-bond donors (Lipinski definition) is 0. The second-order valence-electron chi connectivity index (χ2n) is 16.4. The summed E-state index contributed by atoms with van der Waals surface area (Å²) < 4.78 is 13.7. The lowest BCUT2D eigenvalue weighted by molar-refractivity contribution is -0.130. The zero-order valence-electron chi connectivity index (χ0n) is 26.1. The topological polar surface area (TPSA) is 35.5 Å². The predicted molar refractivity (Wildman–Crippen MR) is 158 cm³/mol. The summed E-state index contributed by atoms with van der Waals surface area (Å²) in [5.74, 6) is 2.51. The van der Waals surface area contributed by atoms with Crippen LogP contribution in [0.4, 0.5) is 0 Å². The van der Waals surface area contributed by atoms with E-state index in [9.17, 15) is 4.79 Å². The summed E-state index contributed by atoms with van der Waals surface area (Å²) in [6.45, 7) is 29.5. The lowest BCUT2D eigenvalue weighted by atomic mass is 9.52. The molecule has 3 unspecified atom stereocenters. The maximum absolute atomic E-state index is 12.7. The molecule has 0 radical (unpaired) electrons. The molecule has 0 saturated heterocycles. The number of hydrogen-bond acceptors (Lipinski definition) is 3. The maximum Gasteiger partial charge on any atom is 0.192 e. The van der Waals surface area contributed by atoms with Crippen LogP contribution >= 0.6 is 0 Å². The van der Waals surface area contributed by atoms with E-state index in [4.69, 9.17) is 8.85 Å². The molecular weight excluding hydrogens is 477 g/mol. The van der Waals surface area contributed by atoms with Gasteiger partial charge in [-0.2, -0.15) is 0 Å². The Labute approximate surface area is 226 Å². The standard InChI is InChI=1S/C31H60O3Si2/c1-28(2,3)35(9,10)33-20-17-25-22-26(34-36(11,12)29(4,5)6)16-19-30(25,7)24-15-18-31(8)23(21-24)13-14-27(31)32/h23-26H,13-22H2,1-12H3/t23?,24?,25-,26?,30+,31-/m0/s1. The minimum atomic E-state index is -1.79. The number of ketones is 1. The predicted octanol–water partition coefficient (Wildman–Crippen LogP) is 9.38. The molecule has 0 bridgehead atoms. The molecule has 210 valence electrons. The second-order valence-corrected chi connectivity index (χ2v) is 26.0. The van der Waals surface area contributed by atoms with Gasteiger partial charge in [-0.15, -0.1) is 0 Å². The number of fused-ring (bicyclic) bond motifs is 1. The Bertz CT molecular complexity index is 793. The van der Waals surface area contributed by atoms with E-state index < -0.39 is 16.6 Å². The number of rotatable bonds is 7. The van der Waals surface area contributed by atoms with Crippen LogP contribution in [0.15, 0.2) is 0 Å². The number of carbonyl (C=O) groups excluding carboxylic acids is 1. The van der Waals surface area contributed by atoms with Gasteiger partial charge in [-0.25, -0.2) is 0 Å². The fraction of sp³-hybridized carbons (Fsp3) is 0.968. The summed E-state index contributed by atoms with van der Waals surface area (Å²) in [6.07, 6.45) is 10.7. The zero-order chi connectivity index (χ0) is 27.4. The molecule has 3 aliphatic carbocycles. The third-order valence-corrected chi connectivity index (χ3v) is 21.3. The highest BCUT2D eigenvalue weighted by atomic mass is 28.4. The van der Waals surface area contributed by atoms with Gasteiger partial charge in [0, 0.05) is 24.5 Å². The van der Waals surface area contributed by atoms with Crippen LogP contribution in [0, 0.1) is 28.6 Å². The third-order valence-electron chi connectivity index (χ3n) is 12.3. The first kappa shape index (κ1) is 30.6. The van der Waals surface area contributed by atoms with Crippen molar-refractivity contribution in [2.24, 2.45) is 28.6 Å². The van der Waals surface area contributed by atoms with E-state index in [1.54, 1.807) is 0 Å². The zero-order valence-corrected chi connectivity index (χ0v) is 28.1. The number of carbonyl (C=O) groups is 1. The first-order valence-corrected chi connectivity index (χ1v) is 20.9. The van der Waals surface area contributed by atoms with Gasteiger partial charge in [0.25, 0.3) is 0 Å². The molecule has 3 fully saturated rings. The van der Waals surface area contributed by atoms with Gasteiger partial charge < -0.3 is 8.85 Å². The van der Waals surface area contributed by atoms with Crippen molar-refractivity contribution in [3.8, 4) is 0 Å². The highest BCUT2D eigenvalue weighted by Gasteiger charge is 2.54. The van der Waals surface area contributed by atoms with E-state index in [0.717, 1.165) is 38.2 Å². The van der Waals surface area contributed by atoms with Crippen LogP contribution in [0.2, 0.25) is 36.3 Å². The van der Waals surface area contributed by atoms with Gasteiger partial charge in [-0.05, 0) is 111 Å². The van der Waals surface area contributed by atoms with E-state index in [0.29, 0.717) is 29.1 Å². The Morgan fingerprint density at radius 1 is 0.833 bits per heavy atom. The molecule has 3 nitrogen and oxygen atoms in total. The largest absolute Gasteiger partial charge is 0.417 e. The highest BCUT2D eigenvalue weighted by Crippen LogP contribution is 2.59. The smallest absolute Gasteiger partial charge is 0.192 e. The van der Waals surface area contributed by atoms with Crippen LogP contribution < -0.4 is 0 Å². The average Bonchev–Trinajstić information content (AvgIpc) is 3.02. The second kappa shape index (κ2) is 10.2. The SMILES string of the molecule is CC(C)(C)[Si](C)(C)OCC[C@H]1CC(O[Si](C)(C)C(C)(C)C)CC[C@]1(C)C1CC[C@]2(C)C(=O)CCC2C1. The first-order valence-electron chi connectivity index (χ1n) is 15.1. The Morgan fingerprint density at radius 2 is 1.44 bits per heavy atom. The van der Waals surface area contributed by atoms with Crippen LogP contribution in [-0.2, 0) is 13.6 Å². The fourth-order valence-corrected chi connectivity index (χ4v) is 9.59. The number of Topliss-reactive ketones (excluding diaryl/α,β-unsaturated/α-hetero) is 1. The van der Waals surface area contributed by atoms with E-state index in [-0.39, 0.29) is 15.5 Å². The Balaban J connectivity index is 1.77. The lowest BCUT2D eigenvalue weighted by Gasteiger charge is -2.54. The van der Waals surface area contributed by atoms with Crippen molar-refractivity contribution < 1.29 is 13.6 Å². The van der Waals surface area contributed by atoms with Gasteiger partial charge >= 0.3 is 0 Å². The molecule has 3 saturated carbocycles. The van der Waals surface area contributed by atoms with Gasteiger partial charge in [0.2, 0.25) is 0 Å². The fourth-order valence-electron chi connectivity index (χ4n) is 7.13. The molecule has 6 atom stereocenters. The quantitative estimate of drug-likeness (QED) is 0.304. The first-order chi connectivity index (χ1) is 16.2. The molecule has 3 rings (SSSR count). The average molecular weight is 537 g/mol. The van der Waals surface area contributed by atoms with Crippen molar-refractivity contribution >= 4 is 22.4 Å². The van der Waals surface area contributed by atoms with Crippen LogP contribution in [0.5, 0.6) is 0 Å². The lowest BCUT2D eigenvalue weighted by Crippen LogP contribution is -2.50. The monoisotopic (exact) mass is 536 g/mol. The van der Waals surface area contributed by atoms with E-state index in [1.165, 1.54) is 32.1 Å². The summed E-state index contributed by atoms with van der Waals surface area (Å²) in [5, 5.41) is 0.497. The van der Waals surface area contributed by atoms with Crippen molar-refractivity contribution in [1.82, 2.24) is 0 Å². The Morgan fingerprint density at radius 3 is 2.03 bits per heavy atom. The van der Waals surface area contributed by atoms with Gasteiger partial charge in [0.05, 0.1) is 0 Å². The molecule has 0 amide bonds. The van der Waals surface area contributed by atoms with Crippen LogP contribution in [0.3, 0.4) is 0 Å². The molecule has 0 aliphatic heterocycles. The van der Waals surface area contributed by atoms with Crippen molar-refractivity contribution in [2.75, 3.05) is 6.61 Å². The minimum absolute atomic E-state index is 0.0313. The Hall–Kier alpha value is 0.0238. The molecule has 0 aromatic rings. The third kappa shape index (κ3) is 5.94. The summed E-state index contributed by atoms with van der Waals surface area (Å²) in [7, 11) is -3.54. The molecular formula is C31H60O3Si2. The van der Waals surface area contributed by atoms with Crippen molar-refractivity contribution in [2.45, 2.75) is 156 Å². The summed E-state index contributed by atoms with van der Waals surface area (Å²) in [6, 6.07) is 0. The molecule has 0 heterocycles. The normalized spacial score (nSPS) is 36.7. The molecule has 36 heavy (non-hydrogen) atoms. The summed E-state index contributed by atoms with van der Waals surface area (Å²) in [4.78, 5) is 12.7. The molecule has 5 heteroatoms. The van der Waals surface area contributed by atoms with Gasteiger partial charge in [0.15, 0.2) is 16.6 Å². The van der Waals surface area contributed by atoms with E-state index >= 15 is 0 Å². The summed E-state index contributed by atoms with van der Waals surface area (Å²) >= 11 is 0.